The topological polar surface area (TPSA) is 40.6 Å². The van der Waals surface area contributed by atoms with E-state index in [9.17, 15) is 9.59 Å². The van der Waals surface area contributed by atoms with Crippen LogP contribution in [0.5, 0.6) is 0 Å². The van der Waals surface area contributed by atoms with Crippen LogP contribution in [0.15, 0.2) is 0 Å². The molecule has 0 aromatic carbocycles. The van der Waals surface area contributed by atoms with Crippen molar-refractivity contribution < 1.29 is 9.59 Å². The molecule has 0 unspecified atom stereocenters. The Morgan fingerprint density at radius 3 is 1.91 bits per heavy atom. The average molecular weight is 322 g/mol. The van der Waals surface area contributed by atoms with E-state index >= 15 is 0 Å². The maximum atomic E-state index is 12.8. The molecule has 2 fully saturated rings. The maximum Gasteiger partial charge on any atom is 0.227 e. The van der Waals surface area contributed by atoms with E-state index < -0.39 is 0 Å². The molecule has 0 aromatic heterocycles. The number of carbonyl (C=O) groups excluding carboxylic acids is 2. The SMILES string of the molecule is CN(C(=O)C1CCN(C(=O)C(C)(C)C)CC1)C1CCCCCC1. The largest absolute Gasteiger partial charge is 0.343 e. The van der Waals surface area contributed by atoms with Crippen LogP contribution in [0, 0.1) is 11.3 Å². The van der Waals surface area contributed by atoms with Gasteiger partial charge in [0.1, 0.15) is 0 Å². The quantitative estimate of drug-likeness (QED) is 0.731. The molecule has 4 nitrogen and oxygen atoms in total. The Morgan fingerprint density at radius 2 is 1.43 bits per heavy atom. The first-order chi connectivity index (χ1) is 10.8. The number of nitrogens with zero attached hydrogens (tertiary/aromatic N) is 2. The molecule has 1 heterocycles. The van der Waals surface area contributed by atoms with Gasteiger partial charge in [-0.3, -0.25) is 9.59 Å². The number of rotatable bonds is 2. The van der Waals surface area contributed by atoms with Gasteiger partial charge in [0.15, 0.2) is 0 Å². The molecule has 1 saturated carbocycles. The first-order valence-electron chi connectivity index (χ1n) is 9.36. The van der Waals surface area contributed by atoms with E-state index in [0.717, 1.165) is 38.8 Å². The van der Waals surface area contributed by atoms with Gasteiger partial charge in [-0.2, -0.15) is 0 Å². The molecule has 0 radical (unpaired) electrons. The van der Waals surface area contributed by atoms with E-state index in [4.69, 9.17) is 0 Å². The van der Waals surface area contributed by atoms with Crippen molar-refractivity contribution in [3.05, 3.63) is 0 Å². The van der Waals surface area contributed by atoms with Gasteiger partial charge in [0, 0.05) is 37.5 Å². The third-order valence-electron chi connectivity index (χ3n) is 5.49. The van der Waals surface area contributed by atoms with Crippen LogP contribution in [0.25, 0.3) is 0 Å². The highest BCUT2D eigenvalue weighted by atomic mass is 16.2. The van der Waals surface area contributed by atoms with Crippen LogP contribution in [0.1, 0.15) is 72.1 Å². The monoisotopic (exact) mass is 322 g/mol. The fourth-order valence-electron chi connectivity index (χ4n) is 3.92. The maximum absolute atomic E-state index is 12.8. The normalized spacial score (nSPS) is 21.8. The second-order valence-electron chi connectivity index (χ2n) is 8.41. The lowest BCUT2D eigenvalue weighted by Crippen LogP contribution is -2.48. The van der Waals surface area contributed by atoms with E-state index in [1.54, 1.807) is 0 Å². The van der Waals surface area contributed by atoms with Crippen molar-refractivity contribution in [2.24, 2.45) is 11.3 Å². The zero-order valence-corrected chi connectivity index (χ0v) is 15.4. The summed E-state index contributed by atoms with van der Waals surface area (Å²) >= 11 is 0. The molecule has 0 atom stereocenters. The summed E-state index contributed by atoms with van der Waals surface area (Å²) in [6, 6.07) is 0.430. The smallest absolute Gasteiger partial charge is 0.227 e. The lowest BCUT2D eigenvalue weighted by atomic mass is 9.90. The van der Waals surface area contributed by atoms with Crippen LogP contribution in [0.4, 0.5) is 0 Å². The highest BCUT2D eigenvalue weighted by Crippen LogP contribution is 2.27. The molecule has 132 valence electrons. The summed E-state index contributed by atoms with van der Waals surface area (Å²) in [6.07, 6.45) is 9.07. The van der Waals surface area contributed by atoms with Crippen molar-refractivity contribution in [3.63, 3.8) is 0 Å². The fraction of sp³-hybridized carbons (Fsp3) is 0.895. The second kappa shape index (κ2) is 7.67. The number of carbonyl (C=O) groups is 2. The van der Waals surface area contributed by atoms with Gasteiger partial charge >= 0.3 is 0 Å². The molecule has 0 N–H and O–H groups in total. The minimum absolute atomic E-state index is 0.104. The van der Waals surface area contributed by atoms with Crippen molar-refractivity contribution >= 4 is 11.8 Å². The molecule has 0 aromatic rings. The van der Waals surface area contributed by atoms with Crippen LogP contribution >= 0.6 is 0 Å². The third-order valence-corrected chi connectivity index (χ3v) is 5.49. The van der Waals surface area contributed by atoms with Crippen LogP contribution < -0.4 is 0 Å². The molecular weight excluding hydrogens is 288 g/mol. The number of likely N-dealkylation sites (tertiary alicyclic amines) is 1. The molecular formula is C19H34N2O2. The Balaban J connectivity index is 1.86. The Morgan fingerprint density at radius 1 is 0.913 bits per heavy atom. The first-order valence-corrected chi connectivity index (χ1v) is 9.36. The standard InChI is InChI=1S/C19H34N2O2/c1-19(2,3)18(23)21-13-11-15(12-14-21)17(22)20(4)16-9-7-5-6-8-10-16/h15-16H,5-14H2,1-4H3. The summed E-state index contributed by atoms with van der Waals surface area (Å²) in [5.41, 5.74) is -0.325. The van der Waals surface area contributed by atoms with Gasteiger partial charge in [0.05, 0.1) is 0 Å². The number of piperidine rings is 1. The van der Waals surface area contributed by atoms with Crippen LogP contribution in [0.3, 0.4) is 0 Å². The minimum atomic E-state index is -0.325. The van der Waals surface area contributed by atoms with Crippen molar-refractivity contribution in [3.8, 4) is 0 Å². The van der Waals surface area contributed by atoms with Crippen LogP contribution in [0.2, 0.25) is 0 Å². The zero-order valence-electron chi connectivity index (χ0n) is 15.4. The first kappa shape index (κ1) is 18.3. The van der Waals surface area contributed by atoms with E-state index in [-0.39, 0.29) is 17.2 Å². The molecule has 2 aliphatic rings. The van der Waals surface area contributed by atoms with Crippen molar-refractivity contribution in [1.82, 2.24) is 9.80 Å². The molecule has 0 bridgehead atoms. The lowest BCUT2D eigenvalue weighted by molar-refractivity contribution is -0.145. The molecule has 4 heteroatoms. The minimum Gasteiger partial charge on any atom is -0.343 e. The summed E-state index contributed by atoms with van der Waals surface area (Å²) in [4.78, 5) is 29.1. The Bertz CT molecular complexity index is 412. The molecule has 1 saturated heterocycles. The fourth-order valence-corrected chi connectivity index (χ4v) is 3.92. The number of amides is 2. The summed E-state index contributed by atoms with van der Waals surface area (Å²) in [5, 5.41) is 0. The van der Waals surface area contributed by atoms with Gasteiger partial charge in [-0.05, 0) is 25.7 Å². The molecule has 2 amide bonds. The van der Waals surface area contributed by atoms with E-state index in [0.29, 0.717) is 11.9 Å². The van der Waals surface area contributed by atoms with Gasteiger partial charge < -0.3 is 9.80 Å². The van der Waals surface area contributed by atoms with E-state index in [1.165, 1.54) is 25.7 Å². The summed E-state index contributed by atoms with van der Waals surface area (Å²) in [5.74, 6) is 0.618. The summed E-state index contributed by atoms with van der Waals surface area (Å²) in [6.45, 7) is 7.35. The van der Waals surface area contributed by atoms with Gasteiger partial charge in [0.25, 0.3) is 0 Å². The van der Waals surface area contributed by atoms with E-state index in [2.05, 4.69) is 0 Å². The Labute approximate surface area is 141 Å². The second-order valence-corrected chi connectivity index (χ2v) is 8.41. The molecule has 2 rings (SSSR count). The van der Waals surface area contributed by atoms with Gasteiger partial charge in [-0.25, -0.2) is 0 Å². The number of hydrogen-bond acceptors (Lipinski definition) is 2. The Hall–Kier alpha value is -1.06. The number of hydrogen-bond donors (Lipinski definition) is 0. The average Bonchev–Trinajstić information content (AvgIpc) is 2.81. The Kier molecular flexibility index (Phi) is 6.10. The lowest BCUT2D eigenvalue weighted by Gasteiger charge is -2.37. The van der Waals surface area contributed by atoms with E-state index in [1.807, 2.05) is 37.6 Å². The predicted octanol–water partition coefficient (Wildman–Crippen LogP) is 3.45. The molecule has 1 aliphatic heterocycles. The van der Waals surface area contributed by atoms with Crippen LogP contribution in [-0.2, 0) is 9.59 Å². The summed E-state index contributed by atoms with van der Waals surface area (Å²) < 4.78 is 0. The highest BCUT2D eigenvalue weighted by Gasteiger charge is 2.34. The van der Waals surface area contributed by atoms with Gasteiger partial charge in [-0.1, -0.05) is 46.5 Å². The predicted molar refractivity (Wildman–Crippen MR) is 93.0 cm³/mol. The van der Waals surface area contributed by atoms with Crippen molar-refractivity contribution in [2.75, 3.05) is 20.1 Å². The van der Waals surface area contributed by atoms with Gasteiger partial charge in [0.2, 0.25) is 11.8 Å². The van der Waals surface area contributed by atoms with Crippen LogP contribution in [-0.4, -0.2) is 47.8 Å². The van der Waals surface area contributed by atoms with Crippen molar-refractivity contribution in [2.45, 2.75) is 78.2 Å². The van der Waals surface area contributed by atoms with Gasteiger partial charge in [-0.15, -0.1) is 0 Å². The van der Waals surface area contributed by atoms with Crippen molar-refractivity contribution in [1.29, 1.82) is 0 Å². The summed E-state index contributed by atoms with van der Waals surface area (Å²) in [7, 11) is 1.99. The molecule has 0 spiro atoms. The molecule has 1 aliphatic carbocycles. The zero-order chi connectivity index (χ0) is 17.0. The third kappa shape index (κ3) is 4.71. The highest BCUT2D eigenvalue weighted by molar-refractivity contribution is 5.82. The molecule has 23 heavy (non-hydrogen) atoms.